The second-order valence-corrected chi connectivity index (χ2v) is 6.49. The van der Waals surface area contributed by atoms with Crippen LogP contribution in [0, 0.1) is 0 Å². The number of hydrogen-bond acceptors (Lipinski definition) is 4. The first-order valence-electron chi connectivity index (χ1n) is 8.43. The first-order valence-corrected chi connectivity index (χ1v) is 8.43. The lowest BCUT2D eigenvalue weighted by molar-refractivity contribution is 0.0105. The molecule has 2 aliphatic rings. The van der Waals surface area contributed by atoms with Crippen molar-refractivity contribution >= 4 is 5.69 Å². The molecule has 2 saturated heterocycles. The van der Waals surface area contributed by atoms with E-state index in [2.05, 4.69) is 46.1 Å². The van der Waals surface area contributed by atoms with Crippen molar-refractivity contribution in [2.24, 2.45) is 0 Å². The topological polar surface area (TPSA) is 31.4 Å². The molecule has 2 fully saturated rings. The molecule has 3 rings (SSSR count). The maximum atomic E-state index is 4.56. The Hall–Kier alpha value is -1.13. The molecule has 3 heterocycles. The average Bonchev–Trinajstić information content (AvgIpc) is 2.49. The van der Waals surface area contributed by atoms with Crippen molar-refractivity contribution in [3.05, 3.63) is 24.0 Å². The third-order valence-corrected chi connectivity index (χ3v) is 4.88. The lowest BCUT2D eigenvalue weighted by Gasteiger charge is -2.47. The summed E-state index contributed by atoms with van der Waals surface area (Å²) in [5, 5.41) is 3.37. The minimum absolute atomic E-state index is 0.629. The lowest BCUT2D eigenvalue weighted by atomic mass is 9.97. The molecule has 0 spiro atoms. The molecule has 116 valence electrons. The van der Waals surface area contributed by atoms with Crippen LogP contribution in [0.25, 0.3) is 0 Å². The van der Waals surface area contributed by atoms with Gasteiger partial charge in [0.15, 0.2) is 0 Å². The van der Waals surface area contributed by atoms with Gasteiger partial charge in [-0.2, -0.15) is 0 Å². The minimum Gasteiger partial charge on any atom is -0.385 e. The van der Waals surface area contributed by atoms with Crippen molar-refractivity contribution in [3.63, 3.8) is 0 Å². The zero-order valence-corrected chi connectivity index (χ0v) is 13.4. The van der Waals surface area contributed by atoms with E-state index in [4.69, 9.17) is 0 Å². The molecule has 1 N–H and O–H groups in total. The Balaban J connectivity index is 1.65. The number of nitrogens with one attached hydrogen (secondary N) is 1. The van der Waals surface area contributed by atoms with E-state index in [1.54, 1.807) is 0 Å². The molecule has 0 aliphatic carbocycles. The van der Waals surface area contributed by atoms with Gasteiger partial charge >= 0.3 is 0 Å². The third-order valence-electron chi connectivity index (χ3n) is 4.88. The monoisotopic (exact) mass is 288 g/mol. The van der Waals surface area contributed by atoms with Crippen molar-refractivity contribution in [1.29, 1.82) is 0 Å². The second kappa shape index (κ2) is 6.75. The highest BCUT2D eigenvalue weighted by molar-refractivity contribution is 5.42. The first kappa shape index (κ1) is 14.8. The molecular formula is C17H28N4. The zero-order chi connectivity index (χ0) is 14.7. The quantitative estimate of drug-likeness (QED) is 0.923. The Labute approximate surface area is 128 Å². The van der Waals surface area contributed by atoms with Gasteiger partial charge in [0.05, 0.1) is 5.69 Å². The summed E-state index contributed by atoms with van der Waals surface area (Å²) in [6, 6.07) is 5.65. The van der Waals surface area contributed by atoms with Gasteiger partial charge in [-0.15, -0.1) is 0 Å². The minimum atomic E-state index is 0.629. The number of fused-ring (bicyclic) bond motifs is 1. The Morgan fingerprint density at radius 1 is 1.33 bits per heavy atom. The van der Waals surface area contributed by atoms with Gasteiger partial charge in [0.1, 0.15) is 0 Å². The van der Waals surface area contributed by atoms with E-state index >= 15 is 0 Å². The largest absolute Gasteiger partial charge is 0.385 e. The van der Waals surface area contributed by atoms with Crippen LogP contribution in [0.2, 0.25) is 0 Å². The maximum Gasteiger partial charge on any atom is 0.0564 e. The van der Waals surface area contributed by atoms with Crippen LogP contribution >= 0.6 is 0 Å². The normalized spacial score (nSPS) is 27.3. The van der Waals surface area contributed by atoms with E-state index in [1.807, 2.05) is 6.20 Å². The summed E-state index contributed by atoms with van der Waals surface area (Å²) in [5.41, 5.74) is 2.37. The van der Waals surface area contributed by atoms with Crippen LogP contribution in [0.5, 0.6) is 0 Å². The molecule has 0 bridgehead atoms. The predicted octanol–water partition coefficient (Wildman–Crippen LogP) is 2.57. The summed E-state index contributed by atoms with van der Waals surface area (Å²) in [7, 11) is 0. The molecule has 0 radical (unpaired) electrons. The molecule has 1 aromatic heterocycles. The van der Waals surface area contributed by atoms with Gasteiger partial charge in [0, 0.05) is 50.1 Å². The summed E-state index contributed by atoms with van der Waals surface area (Å²) < 4.78 is 0. The fourth-order valence-electron chi connectivity index (χ4n) is 3.72. The lowest BCUT2D eigenvalue weighted by Crippen LogP contribution is -2.58. The van der Waals surface area contributed by atoms with Gasteiger partial charge in [-0.05, 0) is 45.4 Å². The highest BCUT2D eigenvalue weighted by Gasteiger charge is 2.32. The number of pyridine rings is 1. The maximum absolute atomic E-state index is 4.56. The predicted molar refractivity (Wildman–Crippen MR) is 87.5 cm³/mol. The Morgan fingerprint density at radius 3 is 3.10 bits per heavy atom. The van der Waals surface area contributed by atoms with Gasteiger partial charge in [-0.3, -0.25) is 14.8 Å². The van der Waals surface area contributed by atoms with E-state index in [0.717, 1.165) is 19.1 Å². The highest BCUT2D eigenvalue weighted by Crippen LogP contribution is 2.25. The molecule has 2 unspecified atom stereocenters. The van der Waals surface area contributed by atoms with Crippen molar-refractivity contribution in [1.82, 2.24) is 14.8 Å². The number of nitrogens with zero attached hydrogens (tertiary/aromatic N) is 3. The summed E-state index contributed by atoms with van der Waals surface area (Å²) in [6.45, 7) is 10.2. The number of rotatable bonds is 4. The van der Waals surface area contributed by atoms with Crippen LogP contribution in [0.3, 0.4) is 0 Å². The second-order valence-electron chi connectivity index (χ2n) is 6.49. The molecule has 21 heavy (non-hydrogen) atoms. The van der Waals surface area contributed by atoms with E-state index in [9.17, 15) is 0 Å². The standard InChI is InChI=1S/C17H28N4/c1-3-18-15-7-8-19-16(10-15)12-21-13-17-6-4-5-9-20(17)11-14(21)2/h7-8,10,14,17H,3-6,9,11-13H2,1-2H3,(H,18,19). The zero-order valence-electron chi connectivity index (χ0n) is 13.4. The van der Waals surface area contributed by atoms with E-state index in [1.165, 1.54) is 50.3 Å². The smallest absolute Gasteiger partial charge is 0.0564 e. The summed E-state index contributed by atoms with van der Waals surface area (Å²) >= 11 is 0. The molecule has 1 aromatic rings. The Kier molecular flexibility index (Phi) is 4.76. The van der Waals surface area contributed by atoms with Crippen molar-refractivity contribution in [2.45, 2.75) is 51.7 Å². The molecule has 4 nitrogen and oxygen atoms in total. The van der Waals surface area contributed by atoms with Gasteiger partial charge < -0.3 is 5.32 Å². The summed E-state index contributed by atoms with van der Waals surface area (Å²) in [5.74, 6) is 0. The summed E-state index contributed by atoms with van der Waals surface area (Å²) in [6.07, 6.45) is 6.08. The highest BCUT2D eigenvalue weighted by atomic mass is 15.3. The van der Waals surface area contributed by atoms with Crippen LogP contribution in [-0.2, 0) is 6.54 Å². The van der Waals surface area contributed by atoms with Gasteiger partial charge in [0.25, 0.3) is 0 Å². The molecule has 4 heteroatoms. The fraction of sp³-hybridized carbons (Fsp3) is 0.706. The van der Waals surface area contributed by atoms with Crippen LogP contribution in [-0.4, -0.2) is 53.0 Å². The molecular weight excluding hydrogens is 260 g/mol. The third kappa shape index (κ3) is 3.55. The molecule has 0 amide bonds. The van der Waals surface area contributed by atoms with Crippen LogP contribution in [0.15, 0.2) is 18.3 Å². The average molecular weight is 288 g/mol. The van der Waals surface area contributed by atoms with Crippen LogP contribution in [0.1, 0.15) is 38.8 Å². The van der Waals surface area contributed by atoms with Crippen molar-refractivity contribution in [3.8, 4) is 0 Å². The fourth-order valence-corrected chi connectivity index (χ4v) is 3.72. The van der Waals surface area contributed by atoms with Crippen molar-refractivity contribution in [2.75, 3.05) is 31.5 Å². The van der Waals surface area contributed by atoms with Crippen LogP contribution < -0.4 is 5.32 Å². The van der Waals surface area contributed by atoms with Crippen LogP contribution in [0.4, 0.5) is 5.69 Å². The van der Waals surface area contributed by atoms with Gasteiger partial charge in [-0.1, -0.05) is 6.42 Å². The molecule has 0 saturated carbocycles. The number of piperidine rings is 1. The van der Waals surface area contributed by atoms with E-state index < -0.39 is 0 Å². The van der Waals surface area contributed by atoms with E-state index in [0.29, 0.717) is 6.04 Å². The molecule has 2 aliphatic heterocycles. The summed E-state index contributed by atoms with van der Waals surface area (Å²) in [4.78, 5) is 9.88. The van der Waals surface area contributed by atoms with Gasteiger partial charge in [0.2, 0.25) is 0 Å². The number of anilines is 1. The molecule has 0 aromatic carbocycles. The number of hydrogen-bond donors (Lipinski definition) is 1. The SMILES string of the molecule is CCNc1ccnc(CN2CC3CCCCN3CC2C)c1. The Morgan fingerprint density at radius 2 is 2.24 bits per heavy atom. The molecule has 2 atom stereocenters. The van der Waals surface area contributed by atoms with Gasteiger partial charge in [-0.25, -0.2) is 0 Å². The van der Waals surface area contributed by atoms with Crippen molar-refractivity contribution < 1.29 is 0 Å². The first-order chi connectivity index (χ1) is 10.3. The van der Waals surface area contributed by atoms with E-state index in [-0.39, 0.29) is 0 Å². The Bertz CT molecular complexity index is 462. The number of piperazine rings is 1. The number of aromatic nitrogens is 1.